The lowest BCUT2D eigenvalue weighted by Gasteiger charge is -2.27. The van der Waals surface area contributed by atoms with Gasteiger partial charge in [-0.15, -0.1) is 11.3 Å². The first-order valence-corrected chi connectivity index (χ1v) is 9.24. The minimum Gasteiger partial charge on any atom is -0.376 e. The molecule has 0 aromatic carbocycles. The van der Waals surface area contributed by atoms with Crippen LogP contribution in [0.1, 0.15) is 24.6 Å². The molecule has 2 atom stereocenters. The number of carbonyl (C=O) groups is 1. The molecule has 1 fully saturated rings. The van der Waals surface area contributed by atoms with Gasteiger partial charge in [-0.05, 0) is 31.2 Å². The highest BCUT2D eigenvalue weighted by Gasteiger charge is 2.23. The van der Waals surface area contributed by atoms with Gasteiger partial charge in [-0.2, -0.15) is 0 Å². The van der Waals surface area contributed by atoms with Crippen LogP contribution in [0.25, 0.3) is 0 Å². The zero-order chi connectivity index (χ0) is 16.8. The van der Waals surface area contributed by atoms with Crippen LogP contribution >= 0.6 is 11.3 Å². The number of thiophene rings is 1. The van der Waals surface area contributed by atoms with E-state index in [1.165, 1.54) is 4.88 Å². The third kappa shape index (κ3) is 4.82. The summed E-state index contributed by atoms with van der Waals surface area (Å²) in [6.45, 7) is 4.78. The van der Waals surface area contributed by atoms with Crippen molar-refractivity contribution in [2.45, 2.75) is 45.0 Å². The van der Waals surface area contributed by atoms with Crippen molar-refractivity contribution in [2.75, 3.05) is 13.2 Å². The summed E-state index contributed by atoms with van der Waals surface area (Å²) < 4.78 is 7.68. The van der Waals surface area contributed by atoms with Gasteiger partial charge in [0.1, 0.15) is 0 Å². The minimum atomic E-state index is -0.0356. The summed E-state index contributed by atoms with van der Waals surface area (Å²) in [4.78, 5) is 19.8. The number of nitrogens with zero attached hydrogens (tertiary/aromatic N) is 3. The number of nitrogens with one attached hydrogen (secondary N) is 1. The molecule has 2 aromatic rings. The second kappa shape index (κ2) is 8.30. The van der Waals surface area contributed by atoms with Crippen LogP contribution < -0.4 is 5.32 Å². The van der Waals surface area contributed by atoms with E-state index in [0.717, 1.165) is 19.4 Å². The molecular weight excluding hydrogens is 324 g/mol. The average molecular weight is 348 g/mol. The lowest BCUT2D eigenvalue weighted by molar-refractivity contribution is 0.0791. The Kier molecular flexibility index (Phi) is 5.87. The van der Waals surface area contributed by atoms with Crippen LogP contribution in [0, 0.1) is 0 Å². The predicted molar refractivity (Wildman–Crippen MR) is 93.9 cm³/mol. The maximum absolute atomic E-state index is 12.7. The maximum atomic E-state index is 12.7. The molecule has 1 aliphatic heterocycles. The van der Waals surface area contributed by atoms with Crippen molar-refractivity contribution < 1.29 is 9.53 Å². The molecule has 130 valence electrons. The molecule has 0 aliphatic carbocycles. The molecule has 1 saturated heterocycles. The first kappa shape index (κ1) is 17.0. The molecule has 0 unspecified atom stereocenters. The summed E-state index contributed by atoms with van der Waals surface area (Å²) in [5.74, 6) is 0. The molecule has 6 nitrogen and oxygen atoms in total. The number of aromatic nitrogens is 2. The monoisotopic (exact) mass is 348 g/mol. The Hall–Kier alpha value is -1.86. The normalized spacial score (nSPS) is 18.5. The van der Waals surface area contributed by atoms with E-state index in [1.54, 1.807) is 23.9 Å². The molecule has 0 spiro atoms. The highest BCUT2D eigenvalue weighted by Crippen LogP contribution is 2.17. The van der Waals surface area contributed by atoms with Gasteiger partial charge in [-0.3, -0.25) is 0 Å². The smallest absolute Gasteiger partial charge is 0.318 e. The van der Waals surface area contributed by atoms with Crippen LogP contribution in [0.4, 0.5) is 4.79 Å². The Bertz CT molecular complexity index is 609. The number of ether oxygens (including phenoxy) is 1. The van der Waals surface area contributed by atoms with Crippen molar-refractivity contribution in [2.24, 2.45) is 0 Å². The predicted octanol–water partition coefficient (Wildman–Crippen LogP) is 2.72. The van der Waals surface area contributed by atoms with E-state index in [1.807, 2.05) is 34.0 Å². The lowest BCUT2D eigenvalue weighted by atomic mass is 10.2. The fourth-order valence-corrected chi connectivity index (χ4v) is 3.62. The van der Waals surface area contributed by atoms with E-state index in [4.69, 9.17) is 4.74 Å². The third-order valence-electron chi connectivity index (χ3n) is 4.08. The Morgan fingerprint density at radius 3 is 3.21 bits per heavy atom. The molecule has 1 N–H and O–H groups in total. The molecule has 2 amide bonds. The molecule has 3 heterocycles. The van der Waals surface area contributed by atoms with Crippen molar-refractivity contribution in [3.05, 3.63) is 41.1 Å². The van der Waals surface area contributed by atoms with E-state index in [0.29, 0.717) is 19.6 Å². The van der Waals surface area contributed by atoms with Crippen molar-refractivity contribution in [3.63, 3.8) is 0 Å². The summed E-state index contributed by atoms with van der Waals surface area (Å²) in [6.07, 6.45) is 7.67. The summed E-state index contributed by atoms with van der Waals surface area (Å²) >= 11 is 1.67. The van der Waals surface area contributed by atoms with Crippen LogP contribution in [-0.2, 0) is 17.8 Å². The van der Waals surface area contributed by atoms with E-state index in [-0.39, 0.29) is 18.2 Å². The van der Waals surface area contributed by atoms with Crippen LogP contribution in [0.2, 0.25) is 0 Å². The average Bonchev–Trinajstić information content (AvgIpc) is 3.30. The number of hydrogen-bond donors (Lipinski definition) is 1. The van der Waals surface area contributed by atoms with Gasteiger partial charge in [0, 0.05) is 43.0 Å². The minimum absolute atomic E-state index is 0.0297. The summed E-state index contributed by atoms with van der Waals surface area (Å²) in [5, 5.41) is 5.13. The number of carbonyl (C=O) groups excluding carboxylic acids is 1. The Labute approximate surface area is 146 Å². The standard InChI is InChI=1S/C17H24N4O2S/c1-14(10-20-7-6-18-13-20)19-17(22)21(11-15-4-2-8-23-15)12-16-5-3-9-24-16/h3,5-7,9,13-15H,2,4,8,10-12H2,1H3,(H,19,22)/t14-,15-/m1/s1. The molecule has 0 radical (unpaired) electrons. The number of imidazole rings is 1. The van der Waals surface area contributed by atoms with Gasteiger partial charge in [0.15, 0.2) is 0 Å². The quantitative estimate of drug-likeness (QED) is 0.837. The number of urea groups is 1. The first-order valence-electron chi connectivity index (χ1n) is 8.36. The van der Waals surface area contributed by atoms with E-state index >= 15 is 0 Å². The number of amides is 2. The van der Waals surface area contributed by atoms with E-state index < -0.39 is 0 Å². The molecule has 1 aliphatic rings. The maximum Gasteiger partial charge on any atom is 0.318 e. The van der Waals surface area contributed by atoms with Gasteiger partial charge < -0.3 is 19.5 Å². The molecule has 7 heteroatoms. The molecule has 0 saturated carbocycles. The van der Waals surface area contributed by atoms with Crippen molar-refractivity contribution in [3.8, 4) is 0 Å². The molecule has 3 rings (SSSR count). The van der Waals surface area contributed by atoms with Crippen LogP contribution in [0.15, 0.2) is 36.2 Å². The van der Waals surface area contributed by atoms with Gasteiger partial charge in [-0.1, -0.05) is 6.07 Å². The fraction of sp³-hybridized carbons (Fsp3) is 0.529. The van der Waals surface area contributed by atoms with Crippen molar-refractivity contribution >= 4 is 17.4 Å². The van der Waals surface area contributed by atoms with Crippen LogP contribution in [0.5, 0.6) is 0 Å². The fourth-order valence-electron chi connectivity index (χ4n) is 2.90. The first-order chi connectivity index (χ1) is 11.7. The van der Waals surface area contributed by atoms with Crippen LogP contribution in [0.3, 0.4) is 0 Å². The van der Waals surface area contributed by atoms with E-state index in [9.17, 15) is 4.79 Å². The molecular formula is C17H24N4O2S. The second-order valence-electron chi connectivity index (χ2n) is 6.20. The summed E-state index contributed by atoms with van der Waals surface area (Å²) in [5.41, 5.74) is 0. The SMILES string of the molecule is C[C@H](Cn1ccnc1)NC(=O)N(Cc1cccs1)C[C@H]1CCCO1. The van der Waals surface area contributed by atoms with E-state index in [2.05, 4.69) is 16.4 Å². The largest absolute Gasteiger partial charge is 0.376 e. The van der Waals surface area contributed by atoms with Crippen molar-refractivity contribution in [1.82, 2.24) is 19.8 Å². The lowest BCUT2D eigenvalue weighted by Crippen LogP contribution is -2.47. The van der Waals surface area contributed by atoms with Gasteiger partial charge in [0.2, 0.25) is 0 Å². The van der Waals surface area contributed by atoms with Crippen LogP contribution in [-0.4, -0.2) is 45.8 Å². The van der Waals surface area contributed by atoms with Gasteiger partial charge >= 0.3 is 6.03 Å². The zero-order valence-corrected chi connectivity index (χ0v) is 14.7. The Morgan fingerprint density at radius 1 is 1.62 bits per heavy atom. The summed E-state index contributed by atoms with van der Waals surface area (Å²) in [7, 11) is 0. The summed E-state index contributed by atoms with van der Waals surface area (Å²) in [6, 6.07) is 4.08. The number of hydrogen-bond acceptors (Lipinski definition) is 4. The highest BCUT2D eigenvalue weighted by molar-refractivity contribution is 7.09. The zero-order valence-electron chi connectivity index (χ0n) is 13.9. The molecule has 2 aromatic heterocycles. The van der Waals surface area contributed by atoms with Crippen molar-refractivity contribution in [1.29, 1.82) is 0 Å². The molecule has 24 heavy (non-hydrogen) atoms. The Balaban J connectivity index is 1.58. The number of rotatable bonds is 7. The third-order valence-corrected chi connectivity index (χ3v) is 4.94. The Morgan fingerprint density at radius 2 is 2.54 bits per heavy atom. The topological polar surface area (TPSA) is 59.4 Å². The highest BCUT2D eigenvalue weighted by atomic mass is 32.1. The van der Waals surface area contributed by atoms with Gasteiger partial charge in [0.05, 0.1) is 19.0 Å². The molecule has 0 bridgehead atoms. The second-order valence-corrected chi connectivity index (χ2v) is 7.24. The van der Waals surface area contributed by atoms with Gasteiger partial charge in [0.25, 0.3) is 0 Å². The van der Waals surface area contributed by atoms with Gasteiger partial charge in [-0.25, -0.2) is 9.78 Å².